The summed E-state index contributed by atoms with van der Waals surface area (Å²) in [6.07, 6.45) is 1.57. The first kappa shape index (κ1) is 17.3. The molecule has 1 atom stereocenters. The Balaban J connectivity index is 1.94. The summed E-state index contributed by atoms with van der Waals surface area (Å²) >= 11 is 0. The molecule has 1 aromatic heterocycles. The predicted molar refractivity (Wildman–Crippen MR) is 94.6 cm³/mol. The minimum Gasteiger partial charge on any atom is -0.363 e. The third kappa shape index (κ3) is 3.95. The first-order valence-electron chi connectivity index (χ1n) is 8.61. The van der Waals surface area contributed by atoms with Gasteiger partial charge in [0.15, 0.2) is 0 Å². The van der Waals surface area contributed by atoms with Gasteiger partial charge in [-0.25, -0.2) is 14.4 Å². The molecule has 25 heavy (non-hydrogen) atoms. The van der Waals surface area contributed by atoms with E-state index in [1.165, 1.54) is 12.1 Å². The average Bonchev–Trinajstić information content (AvgIpc) is 2.73. The van der Waals surface area contributed by atoms with Crippen molar-refractivity contribution in [3.63, 3.8) is 0 Å². The maximum atomic E-state index is 13.7. The number of carbonyl (C=O) groups is 1. The first-order valence-corrected chi connectivity index (χ1v) is 8.61. The molecule has 0 bridgehead atoms. The molecule has 0 saturated heterocycles. The van der Waals surface area contributed by atoms with Gasteiger partial charge in [-0.15, -0.1) is 0 Å². The van der Waals surface area contributed by atoms with E-state index in [1.54, 1.807) is 17.9 Å². The molecule has 6 heteroatoms. The molecule has 1 amide bonds. The molecule has 1 N–H and O–H groups in total. The number of benzene rings is 1. The smallest absolute Gasteiger partial charge is 0.219 e. The minimum absolute atomic E-state index is 0.00186. The molecule has 5 nitrogen and oxygen atoms in total. The quantitative estimate of drug-likeness (QED) is 0.929. The molecule has 0 aliphatic carbocycles. The van der Waals surface area contributed by atoms with E-state index in [0.29, 0.717) is 13.1 Å². The molecule has 1 aromatic carbocycles. The molecule has 0 saturated carbocycles. The highest BCUT2D eigenvalue weighted by Crippen LogP contribution is 2.30. The molecule has 132 valence electrons. The largest absolute Gasteiger partial charge is 0.363 e. The fourth-order valence-electron chi connectivity index (χ4n) is 3.26. The predicted octanol–water partition coefficient (Wildman–Crippen LogP) is 3.39. The number of fused-ring (bicyclic) bond motifs is 1. The molecule has 0 spiro atoms. The van der Waals surface area contributed by atoms with Crippen molar-refractivity contribution in [1.29, 1.82) is 0 Å². The second-order valence-corrected chi connectivity index (χ2v) is 6.41. The summed E-state index contributed by atoms with van der Waals surface area (Å²) in [5.41, 5.74) is 2.83. The molecule has 0 fully saturated rings. The van der Waals surface area contributed by atoms with Crippen LogP contribution in [0.4, 0.5) is 10.2 Å². The van der Waals surface area contributed by atoms with Gasteiger partial charge in [-0.05, 0) is 43.0 Å². The molecule has 1 aliphatic heterocycles. The van der Waals surface area contributed by atoms with Gasteiger partial charge in [0.1, 0.15) is 17.5 Å². The SMILES string of the molecule is CCc1cc(NC2CCN(C(C)=O)Cc3cc(F)ccc32)nc(C)n1. The van der Waals surface area contributed by atoms with E-state index in [1.807, 2.05) is 13.0 Å². The molecule has 1 aliphatic rings. The van der Waals surface area contributed by atoms with Crippen LogP contribution in [-0.4, -0.2) is 27.3 Å². The van der Waals surface area contributed by atoms with E-state index in [-0.39, 0.29) is 17.8 Å². The van der Waals surface area contributed by atoms with Gasteiger partial charge in [-0.1, -0.05) is 13.0 Å². The zero-order chi connectivity index (χ0) is 18.0. The van der Waals surface area contributed by atoms with Crippen molar-refractivity contribution in [2.24, 2.45) is 0 Å². The van der Waals surface area contributed by atoms with Gasteiger partial charge >= 0.3 is 0 Å². The molecule has 0 radical (unpaired) electrons. The number of rotatable bonds is 3. The molecule has 1 unspecified atom stereocenters. The Morgan fingerprint density at radius 1 is 1.36 bits per heavy atom. The highest BCUT2D eigenvalue weighted by molar-refractivity contribution is 5.73. The Labute approximate surface area is 147 Å². The summed E-state index contributed by atoms with van der Waals surface area (Å²) in [5.74, 6) is 1.21. The van der Waals surface area contributed by atoms with Crippen molar-refractivity contribution >= 4 is 11.7 Å². The summed E-state index contributed by atoms with van der Waals surface area (Å²) in [5, 5.41) is 3.46. The van der Waals surface area contributed by atoms with Crippen LogP contribution < -0.4 is 5.32 Å². The Kier molecular flexibility index (Phi) is 4.97. The maximum absolute atomic E-state index is 13.7. The summed E-state index contributed by atoms with van der Waals surface area (Å²) in [4.78, 5) is 22.5. The average molecular weight is 342 g/mol. The Morgan fingerprint density at radius 2 is 2.16 bits per heavy atom. The highest BCUT2D eigenvalue weighted by Gasteiger charge is 2.24. The van der Waals surface area contributed by atoms with Gasteiger partial charge in [0.05, 0.1) is 6.04 Å². The van der Waals surface area contributed by atoms with Gasteiger partial charge < -0.3 is 10.2 Å². The number of aryl methyl sites for hydroxylation is 2. The van der Waals surface area contributed by atoms with Crippen LogP contribution in [0.1, 0.15) is 49.0 Å². The number of amides is 1. The fraction of sp³-hybridized carbons (Fsp3) is 0.421. The lowest BCUT2D eigenvalue weighted by Crippen LogP contribution is -2.28. The monoisotopic (exact) mass is 342 g/mol. The van der Waals surface area contributed by atoms with Gasteiger partial charge in [-0.2, -0.15) is 0 Å². The van der Waals surface area contributed by atoms with E-state index in [2.05, 4.69) is 22.2 Å². The van der Waals surface area contributed by atoms with E-state index >= 15 is 0 Å². The number of nitrogens with zero attached hydrogens (tertiary/aromatic N) is 3. The summed E-state index contributed by atoms with van der Waals surface area (Å²) in [6, 6.07) is 6.72. The van der Waals surface area contributed by atoms with Crippen LogP contribution in [0.2, 0.25) is 0 Å². The number of carbonyl (C=O) groups excluding carboxylic acids is 1. The molecule has 3 rings (SSSR count). The van der Waals surface area contributed by atoms with Crippen molar-refractivity contribution in [1.82, 2.24) is 14.9 Å². The van der Waals surface area contributed by atoms with Crippen molar-refractivity contribution in [3.05, 3.63) is 52.7 Å². The zero-order valence-electron chi connectivity index (χ0n) is 14.8. The number of halogens is 1. The summed E-state index contributed by atoms with van der Waals surface area (Å²) in [6.45, 7) is 6.53. The van der Waals surface area contributed by atoms with Gasteiger partial charge in [0.2, 0.25) is 5.91 Å². The van der Waals surface area contributed by atoms with Crippen molar-refractivity contribution < 1.29 is 9.18 Å². The number of anilines is 1. The van der Waals surface area contributed by atoms with E-state index < -0.39 is 0 Å². The first-order chi connectivity index (χ1) is 12.0. The van der Waals surface area contributed by atoms with Crippen molar-refractivity contribution in [3.8, 4) is 0 Å². The van der Waals surface area contributed by atoms with Crippen LogP contribution in [0.25, 0.3) is 0 Å². The second kappa shape index (κ2) is 7.17. The van der Waals surface area contributed by atoms with E-state index in [4.69, 9.17) is 0 Å². The Hall–Kier alpha value is -2.50. The van der Waals surface area contributed by atoms with E-state index in [0.717, 1.165) is 41.3 Å². The maximum Gasteiger partial charge on any atom is 0.219 e. The Morgan fingerprint density at radius 3 is 2.88 bits per heavy atom. The minimum atomic E-state index is -0.283. The normalized spacial score (nSPS) is 17.0. The van der Waals surface area contributed by atoms with Crippen LogP contribution in [0.15, 0.2) is 24.3 Å². The van der Waals surface area contributed by atoms with Gasteiger partial charge in [0, 0.05) is 31.8 Å². The number of nitrogens with one attached hydrogen (secondary N) is 1. The standard InChI is InChI=1S/C19H23FN4O/c1-4-16-10-19(22-12(2)21-16)23-18-7-8-24(13(3)25)11-14-9-15(20)5-6-17(14)18/h5-6,9-10,18H,4,7-8,11H2,1-3H3,(H,21,22,23). The number of hydrogen-bond donors (Lipinski definition) is 1. The van der Waals surface area contributed by atoms with Crippen LogP contribution in [0.5, 0.6) is 0 Å². The van der Waals surface area contributed by atoms with Crippen LogP contribution >= 0.6 is 0 Å². The zero-order valence-corrected chi connectivity index (χ0v) is 14.8. The fourth-order valence-corrected chi connectivity index (χ4v) is 3.26. The third-order valence-corrected chi connectivity index (χ3v) is 4.55. The summed E-state index contributed by atoms with van der Waals surface area (Å²) < 4.78 is 13.7. The van der Waals surface area contributed by atoms with Crippen LogP contribution in [0.3, 0.4) is 0 Å². The van der Waals surface area contributed by atoms with Crippen molar-refractivity contribution in [2.45, 2.75) is 46.2 Å². The number of aromatic nitrogens is 2. The lowest BCUT2D eigenvalue weighted by atomic mass is 9.99. The van der Waals surface area contributed by atoms with Crippen LogP contribution in [-0.2, 0) is 17.8 Å². The van der Waals surface area contributed by atoms with Gasteiger partial charge in [-0.3, -0.25) is 4.79 Å². The van der Waals surface area contributed by atoms with Gasteiger partial charge in [0.25, 0.3) is 0 Å². The lowest BCUT2D eigenvalue weighted by molar-refractivity contribution is -0.129. The van der Waals surface area contributed by atoms with Crippen molar-refractivity contribution in [2.75, 3.05) is 11.9 Å². The molecule has 2 heterocycles. The third-order valence-electron chi connectivity index (χ3n) is 4.55. The van der Waals surface area contributed by atoms with E-state index in [9.17, 15) is 9.18 Å². The van der Waals surface area contributed by atoms with Crippen LogP contribution in [0, 0.1) is 12.7 Å². The highest BCUT2D eigenvalue weighted by atomic mass is 19.1. The second-order valence-electron chi connectivity index (χ2n) is 6.41. The lowest BCUT2D eigenvalue weighted by Gasteiger charge is -2.20. The molecular weight excluding hydrogens is 319 g/mol. The topological polar surface area (TPSA) is 58.1 Å². The summed E-state index contributed by atoms with van der Waals surface area (Å²) in [7, 11) is 0. The molecule has 2 aromatic rings. The number of hydrogen-bond acceptors (Lipinski definition) is 4. The molecular formula is C19H23FN4O. The Bertz CT molecular complexity index is 793.